The van der Waals surface area contributed by atoms with Crippen molar-refractivity contribution in [2.24, 2.45) is 17.8 Å². The number of ether oxygens (including phenoxy) is 1. The summed E-state index contributed by atoms with van der Waals surface area (Å²) in [4.78, 5) is 4.56. The molecule has 1 aromatic heterocycles. The average Bonchev–Trinajstić information content (AvgIpc) is 3.16. The predicted octanol–water partition coefficient (Wildman–Crippen LogP) is 1.71. The third kappa shape index (κ3) is 2.30. The fourth-order valence-electron chi connectivity index (χ4n) is 4.07. The van der Waals surface area contributed by atoms with Crippen LogP contribution in [0.1, 0.15) is 43.4 Å². The maximum Gasteiger partial charge on any atom is 0.226 e. The van der Waals surface area contributed by atoms with E-state index in [2.05, 4.69) is 15.5 Å². The molecule has 2 saturated carbocycles. The molecule has 4 unspecified atom stereocenters. The molecule has 4 rings (SSSR count). The number of aromatic nitrogens is 2. The first-order valence-electron chi connectivity index (χ1n) is 7.52. The van der Waals surface area contributed by atoms with Crippen LogP contribution in [0, 0.1) is 17.8 Å². The molecule has 5 heteroatoms. The second-order valence-corrected chi connectivity index (χ2v) is 6.27. The number of nitrogens with zero attached hydrogens (tertiary/aromatic N) is 2. The zero-order valence-corrected chi connectivity index (χ0v) is 11.2. The van der Waals surface area contributed by atoms with Gasteiger partial charge in [-0.05, 0) is 37.0 Å². The molecule has 19 heavy (non-hydrogen) atoms. The van der Waals surface area contributed by atoms with Crippen LogP contribution in [0.2, 0.25) is 0 Å². The highest BCUT2D eigenvalue weighted by Gasteiger charge is 2.40. The topological polar surface area (TPSA) is 60.2 Å². The molecule has 1 aromatic rings. The molecule has 3 fully saturated rings. The van der Waals surface area contributed by atoms with E-state index in [-0.39, 0.29) is 6.04 Å². The van der Waals surface area contributed by atoms with Crippen LogP contribution in [0.5, 0.6) is 0 Å². The van der Waals surface area contributed by atoms with Crippen molar-refractivity contribution in [2.45, 2.75) is 38.1 Å². The fourth-order valence-corrected chi connectivity index (χ4v) is 4.07. The third-order valence-electron chi connectivity index (χ3n) is 5.04. The third-order valence-corrected chi connectivity index (χ3v) is 5.04. The number of fused-ring (bicyclic) bond motifs is 2. The minimum Gasteiger partial charge on any atom is -0.378 e. The Morgan fingerprint density at radius 3 is 3.00 bits per heavy atom. The molecule has 2 aliphatic carbocycles. The standard InChI is InChI=1S/C14H21N3O2/c1-2-10-5-9(1)6-11(10)7-13-16-14(17-19-13)12-8-18-4-3-15-12/h9-12,15H,1-8H2. The number of nitrogens with one attached hydrogen (secondary N) is 1. The number of hydrogen-bond acceptors (Lipinski definition) is 5. The van der Waals surface area contributed by atoms with Crippen LogP contribution in [0.4, 0.5) is 0 Å². The average molecular weight is 263 g/mol. The van der Waals surface area contributed by atoms with E-state index in [0.29, 0.717) is 6.61 Å². The van der Waals surface area contributed by atoms with Crippen LogP contribution in [0.3, 0.4) is 0 Å². The molecule has 1 saturated heterocycles. The predicted molar refractivity (Wildman–Crippen MR) is 68.5 cm³/mol. The van der Waals surface area contributed by atoms with Crippen molar-refractivity contribution in [3.05, 3.63) is 11.7 Å². The van der Waals surface area contributed by atoms with Gasteiger partial charge in [-0.2, -0.15) is 4.98 Å². The van der Waals surface area contributed by atoms with E-state index in [1.807, 2.05) is 0 Å². The largest absolute Gasteiger partial charge is 0.378 e. The fraction of sp³-hybridized carbons (Fsp3) is 0.857. The molecule has 0 spiro atoms. The molecular weight excluding hydrogens is 242 g/mol. The smallest absolute Gasteiger partial charge is 0.226 e. The SMILES string of the molecule is C1COCC(c2noc(CC3CC4CCC3C4)n2)N1. The van der Waals surface area contributed by atoms with Crippen LogP contribution in [0.25, 0.3) is 0 Å². The molecule has 0 radical (unpaired) electrons. The molecule has 2 heterocycles. The van der Waals surface area contributed by atoms with E-state index >= 15 is 0 Å². The molecule has 1 aliphatic heterocycles. The van der Waals surface area contributed by atoms with Gasteiger partial charge in [0.05, 0.1) is 19.3 Å². The van der Waals surface area contributed by atoms with E-state index in [4.69, 9.17) is 9.26 Å². The van der Waals surface area contributed by atoms with Crippen molar-refractivity contribution >= 4 is 0 Å². The van der Waals surface area contributed by atoms with Gasteiger partial charge in [0.15, 0.2) is 5.82 Å². The maximum absolute atomic E-state index is 5.44. The van der Waals surface area contributed by atoms with E-state index in [1.54, 1.807) is 0 Å². The lowest BCUT2D eigenvalue weighted by Gasteiger charge is -2.20. The first kappa shape index (κ1) is 11.9. The Kier molecular flexibility index (Phi) is 3.04. The highest BCUT2D eigenvalue weighted by atomic mass is 16.5. The summed E-state index contributed by atoms with van der Waals surface area (Å²) in [5.74, 6) is 4.25. The Labute approximate surface area is 113 Å². The van der Waals surface area contributed by atoms with E-state index in [0.717, 1.165) is 49.0 Å². The van der Waals surface area contributed by atoms with Crippen molar-refractivity contribution in [2.75, 3.05) is 19.8 Å². The lowest BCUT2D eigenvalue weighted by atomic mass is 9.86. The van der Waals surface area contributed by atoms with Gasteiger partial charge < -0.3 is 14.6 Å². The Bertz CT molecular complexity index is 442. The van der Waals surface area contributed by atoms with Gasteiger partial charge in [-0.3, -0.25) is 0 Å². The van der Waals surface area contributed by atoms with Gasteiger partial charge in [-0.1, -0.05) is 11.6 Å². The molecule has 2 bridgehead atoms. The van der Waals surface area contributed by atoms with Gasteiger partial charge in [0.25, 0.3) is 0 Å². The van der Waals surface area contributed by atoms with Crippen LogP contribution < -0.4 is 5.32 Å². The second kappa shape index (κ2) is 4.87. The summed E-state index contributed by atoms with van der Waals surface area (Å²) < 4.78 is 10.9. The lowest BCUT2D eigenvalue weighted by molar-refractivity contribution is 0.0734. The minimum absolute atomic E-state index is 0.103. The quantitative estimate of drug-likeness (QED) is 0.899. The van der Waals surface area contributed by atoms with Gasteiger partial charge >= 0.3 is 0 Å². The minimum atomic E-state index is 0.103. The van der Waals surface area contributed by atoms with Gasteiger partial charge in [0.1, 0.15) is 0 Å². The zero-order chi connectivity index (χ0) is 12.7. The van der Waals surface area contributed by atoms with Gasteiger partial charge in [-0.25, -0.2) is 0 Å². The Hall–Kier alpha value is -0.940. The number of hydrogen-bond donors (Lipinski definition) is 1. The molecule has 1 N–H and O–H groups in total. The highest BCUT2D eigenvalue weighted by molar-refractivity contribution is 4.99. The Balaban J connectivity index is 1.40. The molecule has 3 aliphatic rings. The van der Waals surface area contributed by atoms with E-state index < -0.39 is 0 Å². The van der Waals surface area contributed by atoms with Gasteiger partial charge in [0.2, 0.25) is 5.89 Å². The molecule has 4 atom stereocenters. The maximum atomic E-state index is 5.44. The molecule has 0 aromatic carbocycles. The van der Waals surface area contributed by atoms with Crippen LogP contribution in [-0.4, -0.2) is 29.9 Å². The highest BCUT2D eigenvalue weighted by Crippen LogP contribution is 2.49. The first-order chi connectivity index (χ1) is 9.38. The number of morpholine rings is 1. The molecule has 104 valence electrons. The van der Waals surface area contributed by atoms with Crippen molar-refractivity contribution in [3.63, 3.8) is 0 Å². The lowest BCUT2D eigenvalue weighted by Crippen LogP contribution is -2.35. The van der Waals surface area contributed by atoms with Crippen molar-refractivity contribution < 1.29 is 9.26 Å². The van der Waals surface area contributed by atoms with Crippen molar-refractivity contribution in [1.29, 1.82) is 0 Å². The summed E-state index contributed by atoms with van der Waals surface area (Å²) in [6, 6.07) is 0.103. The summed E-state index contributed by atoms with van der Waals surface area (Å²) in [5.41, 5.74) is 0. The summed E-state index contributed by atoms with van der Waals surface area (Å²) in [5, 5.41) is 7.47. The zero-order valence-electron chi connectivity index (χ0n) is 11.2. The van der Waals surface area contributed by atoms with Crippen molar-refractivity contribution in [3.8, 4) is 0 Å². The van der Waals surface area contributed by atoms with Gasteiger partial charge in [-0.15, -0.1) is 0 Å². The Morgan fingerprint density at radius 1 is 1.26 bits per heavy atom. The van der Waals surface area contributed by atoms with Crippen LogP contribution in [0.15, 0.2) is 4.52 Å². The number of rotatable bonds is 3. The van der Waals surface area contributed by atoms with Crippen molar-refractivity contribution in [1.82, 2.24) is 15.5 Å². The summed E-state index contributed by atoms with van der Waals surface area (Å²) in [6.45, 7) is 2.28. The molecule has 5 nitrogen and oxygen atoms in total. The summed E-state index contributed by atoms with van der Waals surface area (Å²) >= 11 is 0. The monoisotopic (exact) mass is 263 g/mol. The molecular formula is C14H21N3O2. The van der Waals surface area contributed by atoms with Crippen LogP contribution in [-0.2, 0) is 11.2 Å². The first-order valence-corrected chi connectivity index (χ1v) is 7.52. The normalized spacial score (nSPS) is 37.9. The summed E-state index contributed by atoms with van der Waals surface area (Å²) in [7, 11) is 0. The van der Waals surface area contributed by atoms with Crippen LogP contribution >= 0.6 is 0 Å². The summed E-state index contributed by atoms with van der Waals surface area (Å²) in [6.07, 6.45) is 6.63. The second-order valence-electron chi connectivity index (χ2n) is 6.27. The van der Waals surface area contributed by atoms with E-state index in [1.165, 1.54) is 25.7 Å². The Morgan fingerprint density at radius 2 is 2.26 bits per heavy atom. The molecule has 0 amide bonds. The van der Waals surface area contributed by atoms with Gasteiger partial charge in [0, 0.05) is 13.0 Å². The van der Waals surface area contributed by atoms with E-state index in [9.17, 15) is 0 Å².